The summed E-state index contributed by atoms with van der Waals surface area (Å²) in [7, 11) is 0. The summed E-state index contributed by atoms with van der Waals surface area (Å²) in [4.78, 5) is 4.52. The van der Waals surface area contributed by atoms with E-state index in [0.29, 0.717) is 12.4 Å². The Kier molecular flexibility index (Phi) is 4.15. The molecule has 1 atom stereocenters. The fraction of sp³-hybridized carbons (Fsp3) is 0.467. The molecule has 7 heteroatoms. The number of para-hydroxylation sites is 2. The van der Waals surface area contributed by atoms with Crippen molar-refractivity contribution in [1.82, 2.24) is 29.8 Å². The zero-order valence-electron chi connectivity index (χ0n) is 12.8. The first-order valence-electron chi connectivity index (χ1n) is 7.59. The molecule has 0 spiro atoms. The molecule has 0 bridgehead atoms. The van der Waals surface area contributed by atoms with Gasteiger partial charge < -0.3 is 9.67 Å². The second-order valence-electron chi connectivity index (χ2n) is 5.39. The van der Waals surface area contributed by atoms with Crippen LogP contribution in [-0.4, -0.2) is 34.9 Å². The van der Waals surface area contributed by atoms with Crippen molar-refractivity contribution >= 4 is 11.0 Å². The number of imidazole rings is 1. The van der Waals surface area contributed by atoms with Gasteiger partial charge in [-0.3, -0.25) is 0 Å². The quantitative estimate of drug-likeness (QED) is 0.752. The zero-order valence-corrected chi connectivity index (χ0v) is 12.8. The molecular weight excluding hydrogens is 280 g/mol. The van der Waals surface area contributed by atoms with E-state index in [-0.39, 0.29) is 0 Å². The summed E-state index contributed by atoms with van der Waals surface area (Å²) >= 11 is 0. The Morgan fingerprint density at radius 1 is 1.27 bits per heavy atom. The van der Waals surface area contributed by atoms with Crippen LogP contribution in [0.2, 0.25) is 0 Å². The number of aliphatic hydroxyl groups excluding tert-OH is 1. The van der Waals surface area contributed by atoms with Gasteiger partial charge >= 0.3 is 0 Å². The molecule has 0 amide bonds. The Bertz CT molecular complexity index is 760. The first kappa shape index (κ1) is 14.6. The Morgan fingerprint density at radius 3 is 2.86 bits per heavy atom. The Balaban J connectivity index is 1.99. The summed E-state index contributed by atoms with van der Waals surface area (Å²) in [5.74, 6) is 1.41. The third kappa shape index (κ3) is 2.71. The third-order valence-electron chi connectivity index (χ3n) is 3.69. The van der Waals surface area contributed by atoms with Crippen molar-refractivity contribution in [2.75, 3.05) is 0 Å². The van der Waals surface area contributed by atoms with Gasteiger partial charge in [0, 0.05) is 6.54 Å². The molecule has 0 fully saturated rings. The van der Waals surface area contributed by atoms with Crippen LogP contribution in [-0.2, 0) is 13.1 Å². The van der Waals surface area contributed by atoms with Gasteiger partial charge in [0.15, 0.2) is 5.82 Å². The molecule has 0 radical (unpaired) electrons. The number of aliphatic hydroxyl groups is 1. The molecule has 0 aliphatic rings. The van der Waals surface area contributed by atoms with Crippen LogP contribution in [0.25, 0.3) is 11.0 Å². The number of nitrogens with zero attached hydrogens (tertiary/aromatic N) is 6. The van der Waals surface area contributed by atoms with E-state index in [1.807, 2.05) is 33.5 Å². The van der Waals surface area contributed by atoms with Gasteiger partial charge in [-0.15, -0.1) is 5.10 Å². The first-order valence-corrected chi connectivity index (χ1v) is 7.59. The summed E-state index contributed by atoms with van der Waals surface area (Å²) in [6.07, 6.45) is 1.48. The molecule has 116 valence electrons. The van der Waals surface area contributed by atoms with E-state index in [2.05, 4.69) is 27.4 Å². The lowest BCUT2D eigenvalue weighted by atomic mass is 10.3. The van der Waals surface area contributed by atoms with Crippen molar-refractivity contribution in [2.45, 2.75) is 45.9 Å². The number of fused-ring (bicyclic) bond motifs is 1. The van der Waals surface area contributed by atoms with Crippen molar-refractivity contribution in [2.24, 2.45) is 0 Å². The highest BCUT2D eigenvalue weighted by molar-refractivity contribution is 5.76. The van der Waals surface area contributed by atoms with Crippen LogP contribution >= 0.6 is 0 Å². The number of aryl methyl sites for hydroxylation is 1. The van der Waals surface area contributed by atoms with Crippen molar-refractivity contribution < 1.29 is 5.11 Å². The topological polar surface area (TPSA) is 81.7 Å². The van der Waals surface area contributed by atoms with Crippen molar-refractivity contribution in [3.63, 3.8) is 0 Å². The standard InChI is InChI=1S/C15H20N6O/c1-3-4-9-21-14(17-18-19-21)10-20-13-8-6-5-7-12(13)16-15(20)11(2)22/h5-8,11,22H,3-4,9-10H2,1-2H3. The summed E-state index contributed by atoms with van der Waals surface area (Å²) in [6, 6.07) is 7.84. The van der Waals surface area contributed by atoms with Crippen LogP contribution in [0.4, 0.5) is 0 Å². The molecular formula is C15H20N6O. The summed E-state index contributed by atoms with van der Waals surface area (Å²) in [5, 5.41) is 22.0. The van der Waals surface area contributed by atoms with E-state index in [1.165, 1.54) is 0 Å². The van der Waals surface area contributed by atoms with E-state index in [0.717, 1.165) is 36.2 Å². The maximum atomic E-state index is 10.0. The summed E-state index contributed by atoms with van der Waals surface area (Å²) in [6.45, 7) is 5.16. The van der Waals surface area contributed by atoms with Gasteiger partial charge in [0.2, 0.25) is 0 Å². The number of rotatable bonds is 6. The number of aromatic nitrogens is 6. The highest BCUT2D eigenvalue weighted by Gasteiger charge is 2.17. The number of unbranched alkanes of at least 4 members (excludes halogenated alkanes) is 1. The molecule has 22 heavy (non-hydrogen) atoms. The van der Waals surface area contributed by atoms with Gasteiger partial charge in [0.25, 0.3) is 0 Å². The molecule has 0 aliphatic carbocycles. The van der Waals surface area contributed by atoms with Gasteiger partial charge in [-0.1, -0.05) is 25.5 Å². The summed E-state index contributed by atoms with van der Waals surface area (Å²) in [5.41, 5.74) is 1.84. The van der Waals surface area contributed by atoms with E-state index >= 15 is 0 Å². The third-order valence-corrected chi connectivity index (χ3v) is 3.69. The van der Waals surface area contributed by atoms with Gasteiger partial charge in [0.1, 0.15) is 11.9 Å². The molecule has 1 N–H and O–H groups in total. The molecule has 0 saturated carbocycles. The van der Waals surface area contributed by atoms with Gasteiger partial charge in [-0.05, 0) is 35.9 Å². The molecule has 1 unspecified atom stereocenters. The minimum absolute atomic E-state index is 0.497. The van der Waals surface area contributed by atoms with Crippen LogP contribution < -0.4 is 0 Å². The van der Waals surface area contributed by atoms with Gasteiger partial charge in [-0.2, -0.15) is 0 Å². The lowest BCUT2D eigenvalue weighted by molar-refractivity contribution is 0.185. The highest BCUT2D eigenvalue weighted by atomic mass is 16.3. The molecule has 1 aromatic carbocycles. The second kappa shape index (κ2) is 6.23. The van der Waals surface area contributed by atoms with Crippen LogP contribution in [0.3, 0.4) is 0 Å². The molecule has 0 aliphatic heterocycles. The van der Waals surface area contributed by atoms with Crippen molar-refractivity contribution in [3.05, 3.63) is 35.9 Å². The summed E-state index contributed by atoms with van der Waals surface area (Å²) < 4.78 is 3.80. The smallest absolute Gasteiger partial charge is 0.171 e. The molecule has 3 rings (SSSR count). The Hall–Kier alpha value is -2.28. The number of hydrogen-bond acceptors (Lipinski definition) is 5. The lowest BCUT2D eigenvalue weighted by Crippen LogP contribution is -2.13. The Labute approximate surface area is 128 Å². The van der Waals surface area contributed by atoms with Crippen LogP contribution in [0.1, 0.15) is 44.4 Å². The van der Waals surface area contributed by atoms with Crippen molar-refractivity contribution in [3.8, 4) is 0 Å². The predicted octanol–water partition coefficient (Wildman–Crippen LogP) is 1.92. The highest BCUT2D eigenvalue weighted by Crippen LogP contribution is 2.21. The van der Waals surface area contributed by atoms with Crippen LogP contribution in [0.15, 0.2) is 24.3 Å². The van der Waals surface area contributed by atoms with Crippen molar-refractivity contribution in [1.29, 1.82) is 0 Å². The molecule has 3 aromatic rings. The maximum Gasteiger partial charge on any atom is 0.171 e. The number of hydrogen-bond donors (Lipinski definition) is 1. The normalized spacial score (nSPS) is 12.9. The fourth-order valence-electron chi connectivity index (χ4n) is 2.54. The average Bonchev–Trinajstić information content (AvgIpc) is 3.11. The van der Waals surface area contributed by atoms with Gasteiger partial charge in [0.05, 0.1) is 17.6 Å². The molecule has 2 heterocycles. The van der Waals surface area contributed by atoms with E-state index in [1.54, 1.807) is 6.92 Å². The second-order valence-corrected chi connectivity index (χ2v) is 5.39. The monoisotopic (exact) mass is 300 g/mol. The molecule has 7 nitrogen and oxygen atoms in total. The maximum absolute atomic E-state index is 10.0. The number of tetrazole rings is 1. The Morgan fingerprint density at radius 2 is 2.09 bits per heavy atom. The van der Waals surface area contributed by atoms with Crippen LogP contribution in [0.5, 0.6) is 0 Å². The molecule has 2 aromatic heterocycles. The lowest BCUT2D eigenvalue weighted by Gasteiger charge is -2.10. The first-order chi connectivity index (χ1) is 10.7. The largest absolute Gasteiger partial charge is 0.385 e. The predicted molar refractivity (Wildman–Crippen MR) is 82.2 cm³/mol. The average molecular weight is 300 g/mol. The minimum atomic E-state index is -0.646. The zero-order chi connectivity index (χ0) is 15.5. The van der Waals surface area contributed by atoms with Gasteiger partial charge in [-0.25, -0.2) is 9.67 Å². The molecule has 0 saturated heterocycles. The van der Waals surface area contributed by atoms with E-state index in [4.69, 9.17) is 0 Å². The number of benzene rings is 1. The fourth-order valence-corrected chi connectivity index (χ4v) is 2.54. The minimum Gasteiger partial charge on any atom is -0.385 e. The van der Waals surface area contributed by atoms with E-state index < -0.39 is 6.10 Å². The SMILES string of the molecule is CCCCn1nnnc1Cn1c(C(C)O)nc2ccccc21. The van der Waals surface area contributed by atoms with Crippen LogP contribution in [0, 0.1) is 0 Å². The van der Waals surface area contributed by atoms with E-state index in [9.17, 15) is 5.11 Å².